The molecule has 0 amide bonds. The molecule has 0 N–H and O–H groups in total. The summed E-state index contributed by atoms with van der Waals surface area (Å²) in [5, 5.41) is 0. The van der Waals surface area contributed by atoms with E-state index in [2.05, 4.69) is 6.58 Å². The number of esters is 2. The Morgan fingerprint density at radius 2 is 2.00 bits per heavy atom. The molecule has 4 heteroatoms. The highest BCUT2D eigenvalue weighted by atomic mass is 16.5. The van der Waals surface area contributed by atoms with E-state index < -0.39 is 0 Å². The van der Waals surface area contributed by atoms with Crippen molar-refractivity contribution in [3.8, 4) is 0 Å². The van der Waals surface area contributed by atoms with Crippen LogP contribution < -0.4 is 0 Å². The highest BCUT2D eigenvalue weighted by molar-refractivity contribution is 5.91. The van der Waals surface area contributed by atoms with Gasteiger partial charge in [-0.2, -0.15) is 0 Å². The minimum atomic E-state index is -0.338. The molecule has 0 aromatic heterocycles. The summed E-state index contributed by atoms with van der Waals surface area (Å²) in [5.41, 5.74) is 0.527. The van der Waals surface area contributed by atoms with E-state index in [1.807, 2.05) is 13.0 Å². The highest BCUT2D eigenvalue weighted by Crippen LogP contribution is 2.09. The third kappa shape index (κ3) is 8.29. The molecule has 1 unspecified atom stereocenters. The molecule has 112 valence electrons. The van der Waals surface area contributed by atoms with Crippen molar-refractivity contribution in [2.75, 3.05) is 6.61 Å². The zero-order chi connectivity index (χ0) is 15.4. The molecule has 0 bridgehead atoms. The lowest BCUT2D eigenvalue weighted by molar-refractivity contribution is -0.144. The van der Waals surface area contributed by atoms with E-state index in [1.165, 1.54) is 6.92 Å². The van der Waals surface area contributed by atoms with Crippen molar-refractivity contribution in [3.05, 3.63) is 36.5 Å². The predicted molar refractivity (Wildman–Crippen MR) is 79.1 cm³/mol. The molecule has 0 aliphatic rings. The molecule has 4 nitrogen and oxygen atoms in total. The first-order chi connectivity index (χ1) is 9.54. The fourth-order valence-electron chi connectivity index (χ4n) is 1.52. The van der Waals surface area contributed by atoms with Gasteiger partial charge in [0.2, 0.25) is 0 Å². The predicted octanol–water partition coefficient (Wildman–Crippen LogP) is 3.34. The van der Waals surface area contributed by atoms with Crippen molar-refractivity contribution in [2.24, 2.45) is 0 Å². The van der Waals surface area contributed by atoms with Crippen LogP contribution in [0.3, 0.4) is 0 Å². The van der Waals surface area contributed by atoms with Gasteiger partial charge >= 0.3 is 11.9 Å². The third-order valence-electron chi connectivity index (χ3n) is 2.44. The van der Waals surface area contributed by atoms with Crippen molar-refractivity contribution in [1.29, 1.82) is 0 Å². The Labute approximate surface area is 121 Å². The number of ether oxygens (including phenoxy) is 2. The van der Waals surface area contributed by atoms with E-state index in [9.17, 15) is 9.59 Å². The molecule has 0 aliphatic carbocycles. The zero-order valence-electron chi connectivity index (χ0n) is 12.6. The molecule has 0 rings (SSSR count). The second-order valence-corrected chi connectivity index (χ2v) is 4.15. The van der Waals surface area contributed by atoms with Crippen molar-refractivity contribution in [1.82, 2.24) is 0 Å². The molecule has 0 heterocycles. The van der Waals surface area contributed by atoms with Crippen LogP contribution in [0.15, 0.2) is 36.5 Å². The smallest absolute Gasteiger partial charge is 0.337 e. The number of hydrogen-bond acceptors (Lipinski definition) is 4. The molecule has 0 fully saturated rings. The summed E-state index contributed by atoms with van der Waals surface area (Å²) in [6, 6.07) is 0. The number of allylic oxidation sites excluding steroid dienone is 2. The van der Waals surface area contributed by atoms with Gasteiger partial charge < -0.3 is 9.47 Å². The Morgan fingerprint density at radius 3 is 2.50 bits per heavy atom. The Kier molecular flexibility index (Phi) is 10.0. The fraction of sp³-hybridized carbons (Fsp3) is 0.500. The number of carbonyl (C=O) groups excluding carboxylic acids is 2. The molecular formula is C16H24O4. The monoisotopic (exact) mass is 280 g/mol. The average molecular weight is 280 g/mol. The second kappa shape index (κ2) is 11.0. The summed E-state index contributed by atoms with van der Waals surface area (Å²) in [6.07, 6.45) is 8.75. The van der Waals surface area contributed by atoms with E-state index in [1.54, 1.807) is 25.2 Å². The van der Waals surface area contributed by atoms with Crippen LogP contribution in [0.4, 0.5) is 0 Å². The SMILES string of the molecule is C=CC(CC/C=C(/C=C/CC)C(=O)OCC)OC(C)=O. The van der Waals surface area contributed by atoms with Gasteiger partial charge in [0, 0.05) is 6.92 Å². The zero-order valence-corrected chi connectivity index (χ0v) is 12.6. The maximum Gasteiger partial charge on any atom is 0.337 e. The third-order valence-corrected chi connectivity index (χ3v) is 2.44. The first-order valence-corrected chi connectivity index (χ1v) is 6.88. The minimum Gasteiger partial charge on any atom is -0.462 e. The molecule has 0 aliphatic heterocycles. The van der Waals surface area contributed by atoms with Gasteiger partial charge in [0.25, 0.3) is 0 Å². The van der Waals surface area contributed by atoms with Crippen molar-refractivity contribution >= 4 is 11.9 Å². The van der Waals surface area contributed by atoms with Gasteiger partial charge in [0.05, 0.1) is 12.2 Å². The summed E-state index contributed by atoms with van der Waals surface area (Å²) >= 11 is 0. The number of hydrogen-bond donors (Lipinski definition) is 0. The Balaban J connectivity index is 4.59. The Bertz CT molecular complexity index is 380. The van der Waals surface area contributed by atoms with Crippen LogP contribution in [0.25, 0.3) is 0 Å². The molecule has 0 spiro atoms. The molecule has 1 atom stereocenters. The van der Waals surface area contributed by atoms with E-state index in [-0.39, 0.29) is 18.0 Å². The Morgan fingerprint density at radius 1 is 1.30 bits per heavy atom. The molecule has 0 saturated carbocycles. The standard InChI is InChI=1S/C16H24O4/c1-5-8-10-14(16(18)19-7-3)11-9-12-15(6-2)20-13(4)17/h6,8,10-11,15H,2,5,7,9,12H2,1,3-4H3/b10-8+,14-11-. The van der Waals surface area contributed by atoms with Gasteiger partial charge in [-0.3, -0.25) is 4.79 Å². The molecule has 0 aromatic rings. The molecule has 0 aromatic carbocycles. The maximum atomic E-state index is 11.7. The summed E-state index contributed by atoms with van der Waals surface area (Å²) in [5.74, 6) is -0.671. The lowest BCUT2D eigenvalue weighted by atomic mass is 10.1. The average Bonchev–Trinajstić information content (AvgIpc) is 2.40. The summed E-state index contributed by atoms with van der Waals surface area (Å²) in [6.45, 7) is 9.10. The Hall–Kier alpha value is -1.84. The van der Waals surface area contributed by atoms with Gasteiger partial charge in [-0.1, -0.05) is 37.8 Å². The van der Waals surface area contributed by atoms with Crippen LogP contribution >= 0.6 is 0 Å². The quantitative estimate of drug-likeness (QED) is 0.281. The first-order valence-electron chi connectivity index (χ1n) is 6.88. The lowest BCUT2D eigenvalue weighted by Crippen LogP contribution is -2.13. The molecule has 0 saturated heterocycles. The van der Waals surface area contributed by atoms with Crippen LogP contribution in [0.2, 0.25) is 0 Å². The van der Waals surface area contributed by atoms with Crippen LogP contribution in [0, 0.1) is 0 Å². The number of carbonyl (C=O) groups is 2. The van der Waals surface area contributed by atoms with Crippen molar-refractivity contribution in [2.45, 2.75) is 46.1 Å². The lowest BCUT2D eigenvalue weighted by Gasteiger charge is -2.11. The summed E-state index contributed by atoms with van der Waals surface area (Å²) in [7, 11) is 0. The minimum absolute atomic E-state index is 0.331. The summed E-state index contributed by atoms with van der Waals surface area (Å²) < 4.78 is 10.0. The van der Waals surface area contributed by atoms with Gasteiger partial charge in [0.15, 0.2) is 0 Å². The summed E-state index contributed by atoms with van der Waals surface area (Å²) in [4.78, 5) is 22.6. The largest absolute Gasteiger partial charge is 0.462 e. The van der Waals surface area contributed by atoms with Crippen LogP contribution in [-0.2, 0) is 19.1 Å². The number of rotatable bonds is 9. The van der Waals surface area contributed by atoms with Gasteiger partial charge in [-0.05, 0) is 26.2 Å². The van der Waals surface area contributed by atoms with Crippen LogP contribution in [0.1, 0.15) is 40.0 Å². The van der Waals surface area contributed by atoms with E-state index >= 15 is 0 Å². The van der Waals surface area contributed by atoms with Crippen LogP contribution in [-0.4, -0.2) is 24.6 Å². The van der Waals surface area contributed by atoms with Crippen molar-refractivity contribution < 1.29 is 19.1 Å². The molecular weight excluding hydrogens is 256 g/mol. The van der Waals surface area contributed by atoms with E-state index in [0.717, 1.165) is 6.42 Å². The van der Waals surface area contributed by atoms with Crippen LogP contribution in [0.5, 0.6) is 0 Å². The van der Waals surface area contributed by atoms with E-state index in [0.29, 0.717) is 25.0 Å². The normalized spacial score (nSPS) is 13.1. The molecule has 20 heavy (non-hydrogen) atoms. The van der Waals surface area contributed by atoms with Gasteiger partial charge in [-0.25, -0.2) is 4.79 Å². The maximum absolute atomic E-state index is 11.7. The van der Waals surface area contributed by atoms with E-state index in [4.69, 9.17) is 9.47 Å². The molecule has 0 radical (unpaired) electrons. The first kappa shape index (κ1) is 18.2. The van der Waals surface area contributed by atoms with Gasteiger partial charge in [0.1, 0.15) is 6.10 Å². The topological polar surface area (TPSA) is 52.6 Å². The van der Waals surface area contributed by atoms with Gasteiger partial charge in [-0.15, -0.1) is 0 Å². The highest BCUT2D eigenvalue weighted by Gasteiger charge is 2.09. The second-order valence-electron chi connectivity index (χ2n) is 4.15. The fourth-order valence-corrected chi connectivity index (χ4v) is 1.52. The van der Waals surface area contributed by atoms with Crippen molar-refractivity contribution in [3.63, 3.8) is 0 Å².